The van der Waals surface area contributed by atoms with Crippen molar-refractivity contribution in [1.82, 2.24) is 14.7 Å². The van der Waals surface area contributed by atoms with Gasteiger partial charge in [-0.05, 0) is 31.2 Å². The molecule has 1 aromatic rings. The van der Waals surface area contributed by atoms with E-state index in [2.05, 4.69) is 0 Å². The second kappa shape index (κ2) is 8.54. The summed E-state index contributed by atoms with van der Waals surface area (Å²) in [4.78, 5) is 30.9. The Kier molecular flexibility index (Phi) is 6.14. The topological polar surface area (TPSA) is 69.9 Å². The van der Waals surface area contributed by atoms with Gasteiger partial charge >= 0.3 is 6.03 Å². The molecule has 0 unspecified atom stereocenters. The van der Waals surface area contributed by atoms with Gasteiger partial charge in [-0.25, -0.2) is 4.79 Å². The van der Waals surface area contributed by atoms with Crippen LogP contribution in [0.25, 0.3) is 0 Å². The smallest absolute Gasteiger partial charge is 0.320 e. The Morgan fingerprint density at radius 1 is 1.00 bits per heavy atom. The zero-order chi connectivity index (χ0) is 18.5. The standard InChI is InChI=1S/C20H30N4O2/c1-22(15-16-5-3-2-4-6-16)20(26)24-11-7-17(8-12-24)19(25)23-13-9-18(21)10-14-23/h2-6,17-18H,7-15,21H2,1H3. The summed E-state index contributed by atoms with van der Waals surface area (Å²) in [5.41, 5.74) is 7.05. The number of carbonyl (C=O) groups is 2. The molecule has 2 saturated heterocycles. The number of urea groups is 1. The molecule has 3 amide bonds. The van der Waals surface area contributed by atoms with Crippen LogP contribution in [0.4, 0.5) is 4.79 Å². The first kappa shape index (κ1) is 18.7. The lowest BCUT2D eigenvalue weighted by Crippen LogP contribution is -2.49. The number of likely N-dealkylation sites (tertiary alicyclic amines) is 2. The number of benzene rings is 1. The maximum Gasteiger partial charge on any atom is 0.320 e. The van der Waals surface area contributed by atoms with E-state index in [4.69, 9.17) is 5.73 Å². The van der Waals surface area contributed by atoms with Crippen LogP contribution < -0.4 is 5.73 Å². The lowest BCUT2D eigenvalue weighted by Gasteiger charge is -2.37. The van der Waals surface area contributed by atoms with Gasteiger partial charge in [-0.15, -0.1) is 0 Å². The molecule has 0 aromatic heterocycles. The number of hydrogen-bond donors (Lipinski definition) is 1. The van der Waals surface area contributed by atoms with Crippen LogP contribution in [0.15, 0.2) is 30.3 Å². The number of nitrogens with two attached hydrogens (primary N) is 1. The Balaban J connectivity index is 1.47. The summed E-state index contributed by atoms with van der Waals surface area (Å²) in [7, 11) is 1.84. The van der Waals surface area contributed by atoms with Gasteiger partial charge in [-0.1, -0.05) is 30.3 Å². The lowest BCUT2D eigenvalue weighted by atomic mass is 9.94. The van der Waals surface area contributed by atoms with Gasteiger partial charge in [0.15, 0.2) is 0 Å². The fourth-order valence-electron chi connectivity index (χ4n) is 3.86. The second-order valence-corrected chi connectivity index (χ2v) is 7.55. The van der Waals surface area contributed by atoms with Crippen molar-refractivity contribution >= 4 is 11.9 Å². The molecule has 142 valence electrons. The van der Waals surface area contributed by atoms with Crippen molar-refractivity contribution in [2.24, 2.45) is 11.7 Å². The third-order valence-electron chi connectivity index (χ3n) is 5.56. The summed E-state index contributed by atoms with van der Waals surface area (Å²) in [6.45, 7) is 3.47. The fraction of sp³-hybridized carbons (Fsp3) is 0.600. The van der Waals surface area contributed by atoms with Crippen molar-refractivity contribution in [3.05, 3.63) is 35.9 Å². The fourth-order valence-corrected chi connectivity index (χ4v) is 3.86. The molecule has 0 bridgehead atoms. The Bertz CT molecular complexity index is 605. The van der Waals surface area contributed by atoms with E-state index < -0.39 is 0 Å². The number of piperidine rings is 2. The summed E-state index contributed by atoms with van der Waals surface area (Å²) < 4.78 is 0. The van der Waals surface area contributed by atoms with Gasteiger partial charge in [0.1, 0.15) is 0 Å². The minimum atomic E-state index is 0.0451. The number of hydrogen-bond acceptors (Lipinski definition) is 3. The van der Waals surface area contributed by atoms with Crippen LogP contribution in [-0.2, 0) is 11.3 Å². The molecule has 6 nitrogen and oxygen atoms in total. The molecule has 1 aromatic carbocycles. The quantitative estimate of drug-likeness (QED) is 0.897. The molecule has 2 heterocycles. The van der Waals surface area contributed by atoms with Crippen LogP contribution in [-0.4, -0.2) is 65.9 Å². The molecular weight excluding hydrogens is 328 g/mol. The van der Waals surface area contributed by atoms with Gasteiger partial charge in [0.25, 0.3) is 0 Å². The molecule has 3 rings (SSSR count). The van der Waals surface area contributed by atoms with E-state index in [1.54, 1.807) is 4.90 Å². The van der Waals surface area contributed by atoms with Crippen LogP contribution in [0.1, 0.15) is 31.2 Å². The third-order valence-corrected chi connectivity index (χ3v) is 5.56. The first-order valence-corrected chi connectivity index (χ1v) is 9.63. The van der Waals surface area contributed by atoms with Crippen molar-refractivity contribution in [1.29, 1.82) is 0 Å². The zero-order valence-electron chi connectivity index (χ0n) is 15.6. The van der Waals surface area contributed by atoms with Gasteiger partial charge in [0, 0.05) is 51.7 Å². The van der Waals surface area contributed by atoms with Gasteiger partial charge in [0.05, 0.1) is 0 Å². The van der Waals surface area contributed by atoms with Gasteiger partial charge in [-0.3, -0.25) is 4.79 Å². The molecular formula is C20H30N4O2. The molecule has 0 atom stereocenters. The summed E-state index contributed by atoms with van der Waals surface area (Å²) in [6.07, 6.45) is 3.30. The molecule has 2 aliphatic rings. The van der Waals surface area contributed by atoms with E-state index in [0.717, 1.165) is 44.3 Å². The Morgan fingerprint density at radius 2 is 1.58 bits per heavy atom. The van der Waals surface area contributed by atoms with Crippen LogP contribution in [0.2, 0.25) is 0 Å². The van der Waals surface area contributed by atoms with E-state index in [1.165, 1.54) is 0 Å². The Labute approximate surface area is 155 Å². The predicted octanol–water partition coefficient (Wildman–Crippen LogP) is 1.90. The third kappa shape index (κ3) is 4.55. The average Bonchev–Trinajstić information content (AvgIpc) is 2.68. The summed E-state index contributed by atoms with van der Waals surface area (Å²) in [6, 6.07) is 10.3. The molecule has 26 heavy (non-hydrogen) atoms. The highest BCUT2D eigenvalue weighted by molar-refractivity contribution is 5.80. The maximum absolute atomic E-state index is 12.7. The maximum atomic E-state index is 12.7. The summed E-state index contributed by atoms with van der Waals surface area (Å²) >= 11 is 0. The molecule has 2 aliphatic heterocycles. The van der Waals surface area contributed by atoms with Crippen molar-refractivity contribution < 1.29 is 9.59 Å². The van der Waals surface area contributed by atoms with Crippen molar-refractivity contribution in [3.8, 4) is 0 Å². The highest BCUT2D eigenvalue weighted by atomic mass is 16.2. The summed E-state index contributed by atoms with van der Waals surface area (Å²) in [5.74, 6) is 0.300. The van der Waals surface area contributed by atoms with Gasteiger partial charge < -0.3 is 20.4 Å². The van der Waals surface area contributed by atoms with Crippen LogP contribution in [0.3, 0.4) is 0 Å². The molecule has 0 aliphatic carbocycles. The first-order valence-electron chi connectivity index (χ1n) is 9.63. The largest absolute Gasteiger partial charge is 0.342 e. The molecule has 0 radical (unpaired) electrons. The lowest BCUT2D eigenvalue weighted by molar-refractivity contribution is -0.138. The highest BCUT2D eigenvalue weighted by Crippen LogP contribution is 2.22. The second-order valence-electron chi connectivity index (χ2n) is 7.55. The molecule has 2 N–H and O–H groups in total. The van der Waals surface area contributed by atoms with Gasteiger partial charge in [-0.2, -0.15) is 0 Å². The van der Waals surface area contributed by atoms with Crippen molar-refractivity contribution in [3.63, 3.8) is 0 Å². The highest BCUT2D eigenvalue weighted by Gasteiger charge is 2.32. The number of rotatable bonds is 3. The Hall–Kier alpha value is -2.08. The number of nitrogens with zero attached hydrogens (tertiary/aromatic N) is 3. The SMILES string of the molecule is CN(Cc1ccccc1)C(=O)N1CCC(C(=O)N2CCC(N)CC2)CC1. The van der Waals surface area contributed by atoms with E-state index in [1.807, 2.05) is 47.2 Å². The number of amides is 3. The zero-order valence-corrected chi connectivity index (χ0v) is 15.6. The van der Waals surface area contributed by atoms with E-state index in [-0.39, 0.29) is 23.9 Å². The number of carbonyl (C=O) groups excluding carboxylic acids is 2. The van der Waals surface area contributed by atoms with Crippen molar-refractivity contribution in [2.75, 3.05) is 33.2 Å². The minimum Gasteiger partial charge on any atom is -0.342 e. The van der Waals surface area contributed by atoms with E-state index in [9.17, 15) is 9.59 Å². The first-order chi connectivity index (χ1) is 12.5. The van der Waals surface area contributed by atoms with Crippen LogP contribution in [0, 0.1) is 5.92 Å². The van der Waals surface area contributed by atoms with Gasteiger partial charge in [0.2, 0.25) is 5.91 Å². The normalized spacial score (nSPS) is 19.5. The molecule has 6 heteroatoms. The minimum absolute atomic E-state index is 0.0451. The summed E-state index contributed by atoms with van der Waals surface area (Å²) in [5, 5.41) is 0. The van der Waals surface area contributed by atoms with Crippen molar-refractivity contribution in [2.45, 2.75) is 38.3 Å². The molecule has 0 saturated carbocycles. The average molecular weight is 358 g/mol. The van der Waals surface area contributed by atoms with E-state index in [0.29, 0.717) is 19.6 Å². The van der Waals surface area contributed by atoms with Crippen LogP contribution >= 0.6 is 0 Å². The van der Waals surface area contributed by atoms with Crippen LogP contribution in [0.5, 0.6) is 0 Å². The Morgan fingerprint density at radius 3 is 2.19 bits per heavy atom. The molecule has 0 spiro atoms. The van der Waals surface area contributed by atoms with E-state index >= 15 is 0 Å². The monoisotopic (exact) mass is 358 g/mol. The predicted molar refractivity (Wildman–Crippen MR) is 101 cm³/mol. The molecule has 2 fully saturated rings.